The first-order chi connectivity index (χ1) is 9.90. The molecule has 110 valence electrons. The molecule has 0 aliphatic heterocycles. The molecule has 0 amide bonds. The van der Waals surface area contributed by atoms with Gasteiger partial charge >= 0.3 is 0 Å². The minimum absolute atomic E-state index is 0.0129. The quantitative estimate of drug-likeness (QED) is 0.680. The number of halogens is 1. The summed E-state index contributed by atoms with van der Waals surface area (Å²) in [4.78, 5) is 10.5. The molecule has 0 bridgehead atoms. The molecule has 0 radical (unpaired) electrons. The van der Waals surface area contributed by atoms with Crippen molar-refractivity contribution in [2.45, 2.75) is 20.5 Å². The maximum absolute atomic E-state index is 11.0. The van der Waals surface area contributed by atoms with E-state index in [1.807, 2.05) is 0 Å². The fourth-order valence-electron chi connectivity index (χ4n) is 1.94. The van der Waals surface area contributed by atoms with Crippen molar-refractivity contribution in [1.29, 1.82) is 0 Å². The molecule has 0 spiro atoms. The normalized spacial score (nSPS) is 10.4. The molecule has 2 aromatic carbocycles. The third-order valence-corrected chi connectivity index (χ3v) is 3.51. The van der Waals surface area contributed by atoms with E-state index in [1.54, 1.807) is 32.0 Å². The molecule has 0 fully saturated rings. The van der Waals surface area contributed by atoms with Gasteiger partial charge in [-0.2, -0.15) is 0 Å². The van der Waals surface area contributed by atoms with Crippen molar-refractivity contribution in [2.24, 2.45) is 0 Å². The van der Waals surface area contributed by atoms with Crippen LogP contribution in [0, 0.1) is 24.0 Å². The van der Waals surface area contributed by atoms with Crippen LogP contribution in [0.3, 0.4) is 0 Å². The number of hydrogen-bond donors (Lipinski definition) is 1. The second-order valence-corrected chi connectivity index (χ2v) is 5.09. The van der Waals surface area contributed by atoms with Crippen LogP contribution in [0.15, 0.2) is 30.3 Å². The number of nitro groups is 1. The zero-order chi connectivity index (χ0) is 15.6. The Kier molecular flexibility index (Phi) is 4.33. The fraction of sp³-hybridized carbons (Fsp3) is 0.200. The standard InChI is InChI=1S/C15H14ClNO4/c1-9-7-15(10(2)6-14(9)18)21-8-11-12(16)4-3-5-13(11)17(19)20/h3-7,18H,8H2,1-2H3. The Bertz CT molecular complexity index is 700. The fourth-order valence-corrected chi connectivity index (χ4v) is 2.17. The van der Waals surface area contributed by atoms with Gasteiger partial charge in [-0.15, -0.1) is 0 Å². The number of rotatable bonds is 4. The summed E-state index contributed by atoms with van der Waals surface area (Å²) in [6.07, 6.45) is 0. The maximum atomic E-state index is 11.0. The van der Waals surface area contributed by atoms with E-state index in [0.717, 1.165) is 5.56 Å². The largest absolute Gasteiger partial charge is 0.508 e. The highest BCUT2D eigenvalue weighted by molar-refractivity contribution is 6.31. The molecule has 1 N–H and O–H groups in total. The van der Waals surface area contributed by atoms with Gasteiger partial charge in [-0.05, 0) is 43.2 Å². The van der Waals surface area contributed by atoms with Crippen molar-refractivity contribution in [2.75, 3.05) is 0 Å². The van der Waals surface area contributed by atoms with E-state index in [-0.39, 0.29) is 23.1 Å². The first-order valence-corrected chi connectivity index (χ1v) is 6.62. The predicted octanol–water partition coefficient (Wildman–Crippen LogP) is 4.15. The Labute approximate surface area is 126 Å². The van der Waals surface area contributed by atoms with Gasteiger partial charge in [0.2, 0.25) is 0 Å². The van der Waals surface area contributed by atoms with Gasteiger partial charge < -0.3 is 9.84 Å². The van der Waals surface area contributed by atoms with Gasteiger partial charge in [0.05, 0.1) is 15.5 Å². The predicted molar refractivity (Wildman–Crippen MR) is 80.0 cm³/mol. The van der Waals surface area contributed by atoms with Crippen LogP contribution in [0.4, 0.5) is 5.69 Å². The summed E-state index contributed by atoms with van der Waals surface area (Å²) in [7, 11) is 0. The molecule has 0 aromatic heterocycles. The Morgan fingerprint density at radius 3 is 2.67 bits per heavy atom. The minimum atomic E-state index is -0.487. The van der Waals surface area contributed by atoms with E-state index in [0.29, 0.717) is 16.9 Å². The zero-order valence-corrected chi connectivity index (χ0v) is 12.3. The lowest BCUT2D eigenvalue weighted by Gasteiger charge is -2.12. The van der Waals surface area contributed by atoms with Crippen LogP contribution in [0.1, 0.15) is 16.7 Å². The van der Waals surface area contributed by atoms with E-state index in [4.69, 9.17) is 16.3 Å². The van der Waals surface area contributed by atoms with Crippen molar-refractivity contribution in [3.8, 4) is 11.5 Å². The highest BCUT2D eigenvalue weighted by Crippen LogP contribution is 2.30. The molecule has 0 aliphatic rings. The molecule has 0 unspecified atom stereocenters. The second kappa shape index (κ2) is 6.01. The summed E-state index contributed by atoms with van der Waals surface area (Å²) >= 11 is 6.01. The summed E-state index contributed by atoms with van der Waals surface area (Å²) in [5.41, 5.74) is 1.67. The van der Waals surface area contributed by atoms with Crippen LogP contribution in [0.25, 0.3) is 0 Å². The summed E-state index contributed by atoms with van der Waals surface area (Å²) in [5.74, 6) is 0.739. The molecule has 0 aliphatic carbocycles. The van der Waals surface area contributed by atoms with Gasteiger partial charge in [0, 0.05) is 6.07 Å². The summed E-state index contributed by atoms with van der Waals surface area (Å²) < 4.78 is 5.63. The van der Waals surface area contributed by atoms with Crippen molar-refractivity contribution >= 4 is 17.3 Å². The third-order valence-electron chi connectivity index (χ3n) is 3.16. The zero-order valence-electron chi connectivity index (χ0n) is 11.6. The maximum Gasteiger partial charge on any atom is 0.277 e. The summed E-state index contributed by atoms with van der Waals surface area (Å²) in [6.45, 7) is 3.52. The molecule has 0 saturated carbocycles. The lowest BCUT2D eigenvalue weighted by molar-refractivity contribution is -0.385. The summed E-state index contributed by atoms with van der Waals surface area (Å²) in [6, 6.07) is 7.78. The number of phenols is 1. The van der Waals surface area contributed by atoms with Gasteiger partial charge in [0.25, 0.3) is 5.69 Å². The molecule has 0 atom stereocenters. The first kappa shape index (κ1) is 15.1. The molecular weight excluding hydrogens is 294 g/mol. The Balaban J connectivity index is 2.29. The monoisotopic (exact) mass is 307 g/mol. The lowest BCUT2D eigenvalue weighted by Crippen LogP contribution is -2.02. The van der Waals surface area contributed by atoms with Crippen molar-refractivity contribution in [3.63, 3.8) is 0 Å². The van der Waals surface area contributed by atoms with Gasteiger partial charge in [-0.1, -0.05) is 17.7 Å². The SMILES string of the molecule is Cc1cc(OCc2c(Cl)cccc2[N+](=O)[O-])c(C)cc1O. The highest BCUT2D eigenvalue weighted by atomic mass is 35.5. The number of ether oxygens (including phenoxy) is 1. The van der Waals surface area contributed by atoms with Crippen LogP contribution >= 0.6 is 11.6 Å². The van der Waals surface area contributed by atoms with Crippen molar-refractivity contribution < 1.29 is 14.8 Å². The number of nitro benzene ring substituents is 1. The molecule has 6 heteroatoms. The van der Waals surface area contributed by atoms with Crippen molar-refractivity contribution in [1.82, 2.24) is 0 Å². The second-order valence-electron chi connectivity index (χ2n) is 4.69. The van der Waals surface area contributed by atoms with Crippen LogP contribution < -0.4 is 4.74 Å². The number of phenolic OH excluding ortho intramolecular Hbond substituents is 1. The average Bonchev–Trinajstić information content (AvgIpc) is 2.42. The van der Waals surface area contributed by atoms with E-state index in [2.05, 4.69) is 0 Å². The van der Waals surface area contributed by atoms with E-state index >= 15 is 0 Å². The first-order valence-electron chi connectivity index (χ1n) is 6.25. The lowest BCUT2D eigenvalue weighted by atomic mass is 10.1. The Morgan fingerprint density at radius 1 is 1.29 bits per heavy atom. The smallest absolute Gasteiger partial charge is 0.277 e. The third kappa shape index (κ3) is 3.25. The number of hydrogen-bond acceptors (Lipinski definition) is 4. The molecule has 2 aromatic rings. The van der Waals surface area contributed by atoms with Crippen LogP contribution in [-0.4, -0.2) is 10.0 Å². The highest BCUT2D eigenvalue weighted by Gasteiger charge is 2.17. The molecule has 0 heterocycles. The van der Waals surface area contributed by atoms with E-state index < -0.39 is 4.92 Å². The van der Waals surface area contributed by atoms with E-state index in [1.165, 1.54) is 12.1 Å². The van der Waals surface area contributed by atoms with Gasteiger partial charge in [0.1, 0.15) is 18.1 Å². The Hall–Kier alpha value is -2.27. The summed E-state index contributed by atoms with van der Waals surface area (Å²) in [5, 5.41) is 20.9. The van der Waals surface area contributed by atoms with Gasteiger partial charge in [-0.3, -0.25) is 10.1 Å². The number of aryl methyl sites for hydroxylation is 2. The number of benzene rings is 2. The molecule has 0 saturated heterocycles. The number of nitrogens with zero attached hydrogens (tertiary/aromatic N) is 1. The van der Waals surface area contributed by atoms with Gasteiger partial charge in [0.15, 0.2) is 0 Å². The van der Waals surface area contributed by atoms with Crippen LogP contribution in [0.2, 0.25) is 5.02 Å². The Morgan fingerprint density at radius 2 is 2.00 bits per heavy atom. The van der Waals surface area contributed by atoms with Gasteiger partial charge in [-0.25, -0.2) is 0 Å². The molecule has 5 nitrogen and oxygen atoms in total. The number of aromatic hydroxyl groups is 1. The van der Waals surface area contributed by atoms with Crippen LogP contribution in [0.5, 0.6) is 11.5 Å². The van der Waals surface area contributed by atoms with Crippen LogP contribution in [-0.2, 0) is 6.61 Å². The molecular formula is C15H14ClNO4. The molecule has 21 heavy (non-hydrogen) atoms. The molecule has 2 rings (SSSR count). The van der Waals surface area contributed by atoms with E-state index in [9.17, 15) is 15.2 Å². The van der Waals surface area contributed by atoms with Crippen molar-refractivity contribution in [3.05, 3.63) is 62.2 Å². The average molecular weight is 308 g/mol. The minimum Gasteiger partial charge on any atom is -0.508 e. The topological polar surface area (TPSA) is 72.6 Å².